The fourth-order valence-electron chi connectivity index (χ4n) is 0.730. The van der Waals surface area contributed by atoms with Gasteiger partial charge in [0.25, 0.3) is 0 Å². The molecule has 0 bridgehead atoms. The van der Waals surface area contributed by atoms with Gasteiger partial charge in [-0.3, -0.25) is 4.68 Å². The third-order valence-corrected chi connectivity index (χ3v) is 1.28. The summed E-state index contributed by atoms with van der Waals surface area (Å²) in [7, 11) is 1.70. The number of aliphatic hydroxyl groups is 1. The molecule has 0 radical (unpaired) electrons. The Bertz CT molecular complexity index is 246. The Labute approximate surface area is 63.6 Å². The lowest BCUT2D eigenvalue weighted by molar-refractivity contribution is -0.109. The van der Waals surface area contributed by atoms with E-state index in [1.807, 2.05) is 0 Å². The molecule has 1 heterocycles. The van der Waals surface area contributed by atoms with E-state index in [-0.39, 0.29) is 6.42 Å². The number of nitrogens with zero attached hydrogens (tertiary/aromatic N) is 3. The molecule has 0 saturated heterocycles. The van der Waals surface area contributed by atoms with Crippen molar-refractivity contribution in [3.8, 4) is 0 Å². The summed E-state index contributed by atoms with van der Waals surface area (Å²) in [5.74, 6) is 0. The normalized spacial score (nSPS) is 12.9. The molecule has 0 amide bonds. The Hall–Kier alpha value is -1.23. The first-order chi connectivity index (χ1) is 5.24. The van der Waals surface area contributed by atoms with Crippen LogP contribution in [0.25, 0.3) is 0 Å². The number of aliphatic hydroxyl groups excluding tert-OH is 1. The zero-order chi connectivity index (χ0) is 8.27. The second-order valence-electron chi connectivity index (χ2n) is 2.24. The molecule has 0 aliphatic heterocycles. The first kappa shape index (κ1) is 7.87. The zero-order valence-electron chi connectivity index (χ0n) is 6.14. The summed E-state index contributed by atoms with van der Waals surface area (Å²) in [6, 6.07) is 0. The van der Waals surface area contributed by atoms with Crippen LogP contribution in [-0.4, -0.2) is 26.4 Å². The maximum Gasteiger partial charge on any atom is 0.122 e. The molecule has 0 saturated carbocycles. The minimum Gasteiger partial charge on any atom is -0.386 e. The molecular formula is C6H9N3O2. The van der Waals surface area contributed by atoms with Crippen LogP contribution in [0, 0.1) is 0 Å². The number of hydrogen-bond donors (Lipinski definition) is 1. The van der Waals surface area contributed by atoms with E-state index >= 15 is 0 Å². The summed E-state index contributed by atoms with van der Waals surface area (Å²) in [4.78, 5) is 9.98. The van der Waals surface area contributed by atoms with Crippen molar-refractivity contribution in [1.29, 1.82) is 0 Å². The monoisotopic (exact) mass is 155 g/mol. The molecule has 1 N–H and O–H groups in total. The van der Waals surface area contributed by atoms with Gasteiger partial charge in [0.15, 0.2) is 0 Å². The molecule has 5 heteroatoms. The predicted octanol–water partition coefficient (Wildman–Crippen LogP) is -0.563. The highest BCUT2D eigenvalue weighted by atomic mass is 16.3. The predicted molar refractivity (Wildman–Crippen MR) is 36.6 cm³/mol. The van der Waals surface area contributed by atoms with Gasteiger partial charge in [0, 0.05) is 13.5 Å². The van der Waals surface area contributed by atoms with Gasteiger partial charge in [0.05, 0.1) is 6.20 Å². The van der Waals surface area contributed by atoms with Gasteiger partial charge in [0.1, 0.15) is 18.1 Å². The Balaban J connectivity index is 2.67. The molecule has 1 aromatic heterocycles. The molecule has 0 spiro atoms. The van der Waals surface area contributed by atoms with E-state index in [4.69, 9.17) is 0 Å². The summed E-state index contributed by atoms with van der Waals surface area (Å²) in [5.41, 5.74) is 0.430. The van der Waals surface area contributed by atoms with Crippen molar-refractivity contribution in [2.45, 2.75) is 12.5 Å². The van der Waals surface area contributed by atoms with Crippen LogP contribution in [0.2, 0.25) is 0 Å². The lowest BCUT2D eigenvalue weighted by Crippen LogP contribution is -1.97. The van der Waals surface area contributed by atoms with Gasteiger partial charge in [0.2, 0.25) is 0 Å². The summed E-state index contributed by atoms with van der Waals surface area (Å²) >= 11 is 0. The van der Waals surface area contributed by atoms with Crippen molar-refractivity contribution in [3.05, 3.63) is 11.9 Å². The number of aldehydes is 1. The van der Waals surface area contributed by atoms with Gasteiger partial charge >= 0.3 is 0 Å². The Kier molecular flexibility index (Phi) is 2.32. The lowest BCUT2D eigenvalue weighted by atomic mass is 10.2. The SMILES string of the molecule is Cn1cc(C(O)CC=O)nn1. The van der Waals surface area contributed by atoms with Crippen LogP contribution in [0.5, 0.6) is 0 Å². The second-order valence-corrected chi connectivity index (χ2v) is 2.24. The molecule has 60 valence electrons. The van der Waals surface area contributed by atoms with E-state index in [2.05, 4.69) is 10.3 Å². The first-order valence-electron chi connectivity index (χ1n) is 3.22. The zero-order valence-corrected chi connectivity index (χ0v) is 6.14. The molecule has 0 aliphatic carbocycles. The highest BCUT2D eigenvalue weighted by molar-refractivity contribution is 5.50. The highest BCUT2D eigenvalue weighted by Crippen LogP contribution is 2.10. The van der Waals surface area contributed by atoms with Crippen molar-refractivity contribution in [1.82, 2.24) is 15.0 Å². The number of rotatable bonds is 3. The molecule has 0 aliphatic rings. The third-order valence-electron chi connectivity index (χ3n) is 1.28. The summed E-state index contributed by atoms with van der Waals surface area (Å²) in [6.45, 7) is 0. The molecule has 0 aromatic carbocycles. The van der Waals surface area contributed by atoms with E-state index in [0.717, 1.165) is 0 Å². The largest absolute Gasteiger partial charge is 0.386 e. The van der Waals surface area contributed by atoms with Gasteiger partial charge in [-0.2, -0.15) is 0 Å². The number of hydrogen-bond acceptors (Lipinski definition) is 4. The van der Waals surface area contributed by atoms with Crippen LogP contribution in [0.1, 0.15) is 18.2 Å². The maximum absolute atomic E-state index is 9.98. The Morgan fingerprint density at radius 3 is 3.09 bits per heavy atom. The maximum atomic E-state index is 9.98. The minimum atomic E-state index is -0.818. The van der Waals surface area contributed by atoms with Crippen LogP contribution in [0.15, 0.2) is 6.20 Å². The quantitative estimate of drug-likeness (QED) is 0.594. The Morgan fingerprint density at radius 2 is 2.64 bits per heavy atom. The standard InChI is InChI=1S/C6H9N3O2/c1-9-4-5(7-8-9)6(11)2-3-10/h3-4,6,11H,2H2,1H3. The van der Waals surface area contributed by atoms with E-state index in [1.165, 1.54) is 4.68 Å². The van der Waals surface area contributed by atoms with Gasteiger partial charge in [-0.25, -0.2) is 0 Å². The second kappa shape index (κ2) is 3.25. The van der Waals surface area contributed by atoms with Gasteiger partial charge in [-0.05, 0) is 0 Å². The van der Waals surface area contributed by atoms with Crippen LogP contribution in [0.4, 0.5) is 0 Å². The summed E-state index contributed by atoms with van der Waals surface area (Å²) in [5, 5.41) is 16.4. The molecule has 5 nitrogen and oxygen atoms in total. The molecule has 1 aromatic rings. The topological polar surface area (TPSA) is 68.0 Å². The fourth-order valence-corrected chi connectivity index (χ4v) is 0.730. The molecule has 1 atom stereocenters. The molecule has 0 fully saturated rings. The number of carbonyl (C=O) groups excluding carboxylic acids is 1. The number of aryl methyl sites for hydroxylation is 1. The average molecular weight is 155 g/mol. The van der Waals surface area contributed by atoms with Crippen molar-refractivity contribution >= 4 is 6.29 Å². The van der Waals surface area contributed by atoms with Gasteiger partial charge in [-0.1, -0.05) is 5.21 Å². The van der Waals surface area contributed by atoms with Crippen LogP contribution in [0.3, 0.4) is 0 Å². The van der Waals surface area contributed by atoms with Crippen molar-refractivity contribution in [3.63, 3.8) is 0 Å². The van der Waals surface area contributed by atoms with E-state index < -0.39 is 6.10 Å². The molecule has 1 rings (SSSR count). The Morgan fingerprint density at radius 1 is 1.91 bits per heavy atom. The van der Waals surface area contributed by atoms with Crippen molar-refractivity contribution in [2.24, 2.45) is 7.05 Å². The molecule has 11 heavy (non-hydrogen) atoms. The minimum absolute atomic E-state index is 0.0681. The van der Waals surface area contributed by atoms with Crippen molar-refractivity contribution in [2.75, 3.05) is 0 Å². The molecule has 1 unspecified atom stereocenters. The van der Waals surface area contributed by atoms with Gasteiger partial charge in [-0.15, -0.1) is 5.10 Å². The van der Waals surface area contributed by atoms with Crippen LogP contribution < -0.4 is 0 Å². The average Bonchev–Trinajstić information content (AvgIpc) is 2.36. The summed E-state index contributed by atoms with van der Waals surface area (Å²) in [6.07, 6.45) is 1.48. The fraction of sp³-hybridized carbons (Fsp3) is 0.500. The van der Waals surface area contributed by atoms with Crippen molar-refractivity contribution < 1.29 is 9.90 Å². The smallest absolute Gasteiger partial charge is 0.122 e. The van der Waals surface area contributed by atoms with E-state index in [0.29, 0.717) is 12.0 Å². The first-order valence-corrected chi connectivity index (χ1v) is 3.22. The number of aromatic nitrogens is 3. The van der Waals surface area contributed by atoms with Crippen LogP contribution in [-0.2, 0) is 11.8 Å². The van der Waals surface area contributed by atoms with Gasteiger partial charge < -0.3 is 9.90 Å². The molecular weight excluding hydrogens is 146 g/mol. The van der Waals surface area contributed by atoms with Crippen LogP contribution >= 0.6 is 0 Å². The highest BCUT2D eigenvalue weighted by Gasteiger charge is 2.09. The van der Waals surface area contributed by atoms with E-state index in [9.17, 15) is 9.90 Å². The van der Waals surface area contributed by atoms with E-state index in [1.54, 1.807) is 13.2 Å². The third kappa shape index (κ3) is 1.84. The number of carbonyl (C=O) groups is 1. The lowest BCUT2D eigenvalue weighted by Gasteiger charge is -1.98. The summed E-state index contributed by atoms with van der Waals surface area (Å²) < 4.78 is 1.48.